The predicted octanol–water partition coefficient (Wildman–Crippen LogP) is 2.19. The van der Waals surface area contributed by atoms with Crippen molar-refractivity contribution in [1.29, 1.82) is 0 Å². The first-order chi connectivity index (χ1) is 7.65. The molecule has 4 nitrogen and oxygen atoms in total. The first-order valence-electron chi connectivity index (χ1n) is 5.06. The van der Waals surface area contributed by atoms with Crippen LogP contribution in [0.25, 0.3) is 0 Å². The summed E-state index contributed by atoms with van der Waals surface area (Å²) in [6, 6.07) is 1.97. The fraction of sp³-hybridized carbons (Fsp3) is 0.364. The number of rotatable bonds is 3. The molecule has 0 bridgehead atoms. The Kier molecular flexibility index (Phi) is 3.14. The predicted molar refractivity (Wildman–Crippen MR) is 65.7 cm³/mol. The van der Waals surface area contributed by atoms with Crippen LogP contribution in [0.2, 0.25) is 0 Å². The van der Waals surface area contributed by atoms with Crippen LogP contribution in [-0.2, 0) is 6.54 Å². The van der Waals surface area contributed by atoms with Gasteiger partial charge in [0.25, 0.3) is 0 Å². The van der Waals surface area contributed by atoms with E-state index in [0.717, 1.165) is 28.8 Å². The molecule has 0 fully saturated rings. The second-order valence-electron chi connectivity index (χ2n) is 3.76. The first kappa shape index (κ1) is 11.0. The maximum absolute atomic E-state index is 4.43. The van der Waals surface area contributed by atoms with Crippen LogP contribution in [0, 0.1) is 13.8 Å². The summed E-state index contributed by atoms with van der Waals surface area (Å²) >= 11 is 1.68. The Hall–Kier alpha value is -1.49. The van der Waals surface area contributed by atoms with E-state index in [1.165, 1.54) is 0 Å². The van der Waals surface area contributed by atoms with Gasteiger partial charge < -0.3 is 4.90 Å². The summed E-state index contributed by atoms with van der Waals surface area (Å²) in [5.74, 6) is 0.931. The molecule has 0 atom stereocenters. The molecule has 84 valence electrons. The maximum Gasteiger partial charge on any atom is 0.132 e. The van der Waals surface area contributed by atoms with E-state index in [1.807, 2.05) is 27.0 Å². The third kappa shape index (κ3) is 2.55. The molecule has 0 saturated carbocycles. The van der Waals surface area contributed by atoms with E-state index in [4.69, 9.17) is 0 Å². The number of nitrogens with zero attached hydrogens (tertiary/aromatic N) is 4. The third-order valence-corrected chi connectivity index (χ3v) is 3.17. The molecule has 16 heavy (non-hydrogen) atoms. The molecule has 0 spiro atoms. The lowest BCUT2D eigenvalue weighted by Gasteiger charge is -2.16. The third-order valence-electron chi connectivity index (χ3n) is 2.22. The molecule has 2 rings (SSSR count). The molecule has 0 saturated heterocycles. The van der Waals surface area contributed by atoms with E-state index < -0.39 is 0 Å². The van der Waals surface area contributed by atoms with Crippen molar-refractivity contribution in [3.63, 3.8) is 0 Å². The Bertz CT molecular complexity index is 480. The van der Waals surface area contributed by atoms with Crippen LogP contribution in [-0.4, -0.2) is 22.0 Å². The molecule has 2 heterocycles. The van der Waals surface area contributed by atoms with Crippen LogP contribution < -0.4 is 4.90 Å². The molecule has 0 aromatic carbocycles. The highest BCUT2D eigenvalue weighted by Crippen LogP contribution is 2.15. The van der Waals surface area contributed by atoms with Gasteiger partial charge in [0.1, 0.15) is 17.2 Å². The largest absolute Gasteiger partial charge is 0.353 e. The minimum absolute atomic E-state index is 0.787. The minimum atomic E-state index is 0.787. The number of hydrogen-bond donors (Lipinski definition) is 0. The topological polar surface area (TPSA) is 41.9 Å². The highest BCUT2D eigenvalue weighted by Gasteiger charge is 2.06. The maximum atomic E-state index is 4.43. The Labute approximate surface area is 99.0 Å². The lowest BCUT2D eigenvalue weighted by molar-refractivity contribution is 0.873. The summed E-state index contributed by atoms with van der Waals surface area (Å²) in [5, 5.41) is 3.17. The summed E-state index contributed by atoms with van der Waals surface area (Å²) in [4.78, 5) is 14.8. The molecule has 0 unspecified atom stereocenters. The van der Waals surface area contributed by atoms with Crippen LogP contribution in [0.1, 0.15) is 16.4 Å². The van der Waals surface area contributed by atoms with Crippen molar-refractivity contribution < 1.29 is 0 Å². The molecule has 2 aromatic heterocycles. The molecular weight excluding hydrogens is 220 g/mol. The fourth-order valence-corrected chi connectivity index (χ4v) is 2.23. The van der Waals surface area contributed by atoms with Crippen molar-refractivity contribution in [2.24, 2.45) is 0 Å². The van der Waals surface area contributed by atoms with Crippen LogP contribution in [0.3, 0.4) is 0 Å². The van der Waals surface area contributed by atoms with Crippen LogP contribution in [0.5, 0.6) is 0 Å². The quantitative estimate of drug-likeness (QED) is 0.816. The van der Waals surface area contributed by atoms with Crippen molar-refractivity contribution >= 4 is 17.2 Å². The molecule has 0 aliphatic rings. The molecule has 0 aliphatic carbocycles. The van der Waals surface area contributed by atoms with Gasteiger partial charge in [-0.3, -0.25) is 0 Å². The molecule has 0 radical (unpaired) electrons. The van der Waals surface area contributed by atoms with Crippen molar-refractivity contribution in [3.8, 4) is 0 Å². The summed E-state index contributed by atoms with van der Waals surface area (Å²) in [6.45, 7) is 4.76. The lowest BCUT2D eigenvalue weighted by Crippen LogP contribution is -2.17. The number of anilines is 1. The van der Waals surface area contributed by atoms with E-state index >= 15 is 0 Å². The number of thiazole rings is 1. The summed E-state index contributed by atoms with van der Waals surface area (Å²) in [7, 11) is 2.01. The van der Waals surface area contributed by atoms with Gasteiger partial charge >= 0.3 is 0 Å². The van der Waals surface area contributed by atoms with Gasteiger partial charge in [0.2, 0.25) is 0 Å². The monoisotopic (exact) mass is 234 g/mol. The van der Waals surface area contributed by atoms with Crippen molar-refractivity contribution in [2.45, 2.75) is 20.4 Å². The molecule has 0 amide bonds. The van der Waals surface area contributed by atoms with Crippen molar-refractivity contribution in [2.75, 3.05) is 11.9 Å². The summed E-state index contributed by atoms with van der Waals surface area (Å²) in [6.07, 6.45) is 1.59. The van der Waals surface area contributed by atoms with Gasteiger partial charge in [0.05, 0.1) is 6.54 Å². The van der Waals surface area contributed by atoms with E-state index in [9.17, 15) is 0 Å². The van der Waals surface area contributed by atoms with Gasteiger partial charge in [-0.15, -0.1) is 11.3 Å². The summed E-state index contributed by atoms with van der Waals surface area (Å²) in [5.41, 5.74) is 2.06. The molecule has 0 N–H and O–H groups in total. The zero-order valence-electron chi connectivity index (χ0n) is 9.64. The average Bonchev–Trinajstić information content (AvgIpc) is 2.64. The number of aromatic nitrogens is 3. The Balaban J connectivity index is 2.11. The summed E-state index contributed by atoms with van der Waals surface area (Å²) < 4.78 is 0. The van der Waals surface area contributed by atoms with Crippen LogP contribution in [0.4, 0.5) is 5.82 Å². The zero-order valence-corrected chi connectivity index (χ0v) is 10.5. The van der Waals surface area contributed by atoms with Crippen LogP contribution in [0.15, 0.2) is 17.8 Å². The smallest absolute Gasteiger partial charge is 0.132 e. The SMILES string of the molecule is Cc1cc(N(C)Cc2nc(C)cs2)ncn1. The Morgan fingerprint density at radius 3 is 2.69 bits per heavy atom. The zero-order chi connectivity index (χ0) is 11.5. The van der Waals surface area contributed by atoms with Gasteiger partial charge in [-0.2, -0.15) is 0 Å². The minimum Gasteiger partial charge on any atom is -0.353 e. The number of hydrogen-bond acceptors (Lipinski definition) is 5. The van der Waals surface area contributed by atoms with Crippen molar-refractivity contribution in [1.82, 2.24) is 15.0 Å². The normalized spacial score (nSPS) is 10.4. The first-order valence-corrected chi connectivity index (χ1v) is 5.94. The number of aryl methyl sites for hydroxylation is 2. The van der Waals surface area contributed by atoms with E-state index in [-0.39, 0.29) is 0 Å². The van der Waals surface area contributed by atoms with Gasteiger partial charge in [-0.1, -0.05) is 0 Å². The molecule has 2 aromatic rings. The highest BCUT2D eigenvalue weighted by molar-refractivity contribution is 7.09. The van der Waals surface area contributed by atoms with Crippen molar-refractivity contribution in [3.05, 3.63) is 34.2 Å². The van der Waals surface area contributed by atoms with Crippen LogP contribution >= 0.6 is 11.3 Å². The Morgan fingerprint density at radius 2 is 2.06 bits per heavy atom. The van der Waals surface area contributed by atoms with E-state index in [2.05, 4.69) is 25.2 Å². The standard InChI is InChI=1S/C11H14N4S/c1-8-4-10(13-7-12-8)15(3)5-11-14-9(2)6-16-11/h4,6-7H,5H2,1-3H3. The van der Waals surface area contributed by atoms with E-state index in [1.54, 1.807) is 17.7 Å². The molecular formula is C11H14N4S. The second kappa shape index (κ2) is 4.57. The molecule has 0 aliphatic heterocycles. The van der Waals surface area contributed by atoms with Gasteiger partial charge in [0.15, 0.2) is 0 Å². The fourth-order valence-electron chi connectivity index (χ4n) is 1.41. The highest BCUT2D eigenvalue weighted by atomic mass is 32.1. The van der Waals surface area contributed by atoms with E-state index in [0.29, 0.717) is 0 Å². The lowest BCUT2D eigenvalue weighted by atomic mass is 10.4. The second-order valence-corrected chi connectivity index (χ2v) is 4.70. The van der Waals surface area contributed by atoms with Gasteiger partial charge in [0, 0.05) is 29.9 Å². The Morgan fingerprint density at radius 1 is 1.25 bits per heavy atom. The van der Waals surface area contributed by atoms with Gasteiger partial charge in [-0.25, -0.2) is 15.0 Å². The van der Waals surface area contributed by atoms with Gasteiger partial charge in [-0.05, 0) is 13.8 Å². The average molecular weight is 234 g/mol. The molecule has 5 heteroatoms.